The lowest BCUT2D eigenvalue weighted by Crippen LogP contribution is -2.48. The quantitative estimate of drug-likeness (QED) is 0.665. The summed E-state index contributed by atoms with van der Waals surface area (Å²) in [5.74, 6) is 0.882. The number of Topliss-reactive ketones (excluding diaryl/α,β-unsaturated/α-hetero) is 1. The summed E-state index contributed by atoms with van der Waals surface area (Å²) in [7, 11) is 1.65. The van der Waals surface area contributed by atoms with Crippen molar-refractivity contribution in [1.29, 1.82) is 0 Å². The number of benzene rings is 2. The van der Waals surface area contributed by atoms with Gasteiger partial charge in [-0.05, 0) is 18.2 Å². The van der Waals surface area contributed by atoms with Gasteiger partial charge in [-0.1, -0.05) is 41.9 Å². The zero-order valence-electron chi connectivity index (χ0n) is 16.1. The van der Waals surface area contributed by atoms with Crippen molar-refractivity contribution < 1.29 is 14.3 Å². The topological polar surface area (TPSA) is 49.9 Å². The first kappa shape index (κ1) is 20.4. The fourth-order valence-electron chi connectivity index (χ4n) is 3.41. The van der Waals surface area contributed by atoms with Gasteiger partial charge in [-0.3, -0.25) is 14.5 Å². The highest BCUT2D eigenvalue weighted by Gasteiger charge is 2.22. The van der Waals surface area contributed by atoms with Gasteiger partial charge in [0.05, 0.1) is 7.11 Å². The fraction of sp³-hybridized carbons (Fsp3) is 0.364. The van der Waals surface area contributed by atoms with Crippen LogP contribution in [0, 0.1) is 0 Å². The minimum Gasteiger partial charge on any atom is -0.496 e. The van der Waals surface area contributed by atoms with Crippen LogP contribution >= 0.6 is 11.6 Å². The molecule has 6 heteroatoms. The molecule has 2 aromatic rings. The first-order valence-electron chi connectivity index (χ1n) is 9.47. The van der Waals surface area contributed by atoms with Crippen LogP contribution in [0.15, 0.2) is 48.5 Å². The third-order valence-electron chi connectivity index (χ3n) is 5.02. The van der Waals surface area contributed by atoms with Crippen molar-refractivity contribution in [3.05, 3.63) is 64.7 Å². The van der Waals surface area contributed by atoms with E-state index in [9.17, 15) is 9.59 Å². The molecule has 0 spiro atoms. The van der Waals surface area contributed by atoms with Crippen molar-refractivity contribution >= 4 is 23.3 Å². The summed E-state index contributed by atoms with van der Waals surface area (Å²) in [6.07, 6.45) is 0.513. The Morgan fingerprint density at radius 2 is 1.71 bits per heavy atom. The molecule has 1 fully saturated rings. The second kappa shape index (κ2) is 9.71. The first-order valence-corrected chi connectivity index (χ1v) is 9.85. The molecule has 0 atom stereocenters. The largest absolute Gasteiger partial charge is 0.496 e. The molecule has 148 valence electrons. The minimum absolute atomic E-state index is 0.0145. The summed E-state index contributed by atoms with van der Waals surface area (Å²) in [4.78, 5) is 28.8. The van der Waals surface area contributed by atoms with E-state index in [1.54, 1.807) is 19.2 Å². The third-order valence-corrected chi connectivity index (χ3v) is 5.26. The van der Waals surface area contributed by atoms with Crippen LogP contribution in [0.4, 0.5) is 0 Å². The Morgan fingerprint density at radius 1 is 1.00 bits per heavy atom. The molecule has 1 amide bonds. The molecule has 3 rings (SSSR count). The van der Waals surface area contributed by atoms with Gasteiger partial charge in [-0.15, -0.1) is 0 Å². The SMILES string of the molecule is COc1ccc(Cl)cc1CN1CCN(C(=O)CCC(=O)c2ccccc2)CC1. The molecule has 5 nitrogen and oxygen atoms in total. The van der Waals surface area contributed by atoms with Crippen LogP contribution in [0.5, 0.6) is 5.75 Å². The number of rotatable bonds is 7. The van der Waals surface area contributed by atoms with E-state index in [1.165, 1.54) is 0 Å². The van der Waals surface area contributed by atoms with Gasteiger partial charge in [-0.25, -0.2) is 0 Å². The van der Waals surface area contributed by atoms with Gasteiger partial charge in [0.2, 0.25) is 5.91 Å². The number of ether oxygens (including phenoxy) is 1. The van der Waals surface area contributed by atoms with Crippen molar-refractivity contribution in [3.8, 4) is 5.75 Å². The lowest BCUT2D eigenvalue weighted by Gasteiger charge is -2.35. The standard InChI is InChI=1S/C22H25ClN2O3/c1-28-21-9-7-19(23)15-18(21)16-24-11-13-25(14-12-24)22(27)10-8-20(26)17-5-3-2-4-6-17/h2-7,9,15H,8,10-14,16H2,1H3. The molecular formula is C22H25ClN2O3. The van der Waals surface area contributed by atoms with Gasteiger partial charge < -0.3 is 9.64 Å². The van der Waals surface area contributed by atoms with Gasteiger partial charge >= 0.3 is 0 Å². The van der Waals surface area contributed by atoms with Gasteiger partial charge in [0.1, 0.15) is 5.75 Å². The van der Waals surface area contributed by atoms with E-state index < -0.39 is 0 Å². The highest BCUT2D eigenvalue weighted by atomic mass is 35.5. The normalized spacial score (nSPS) is 14.7. The molecule has 0 bridgehead atoms. The summed E-state index contributed by atoms with van der Waals surface area (Å²) in [6, 6.07) is 14.7. The summed E-state index contributed by atoms with van der Waals surface area (Å²) in [6.45, 7) is 3.64. The molecule has 0 radical (unpaired) electrons. The number of hydrogen-bond donors (Lipinski definition) is 0. The average Bonchev–Trinajstić information content (AvgIpc) is 2.73. The molecule has 0 unspecified atom stereocenters. The summed E-state index contributed by atoms with van der Waals surface area (Å²) in [5, 5.41) is 0.688. The minimum atomic E-state index is 0.0145. The van der Waals surface area contributed by atoms with E-state index >= 15 is 0 Å². The Balaban J connectivity index is 1.46. The van der Waals surface area contributed by atoms with E-state index in [0.29, 0.717) is 23.7 Å². The van der Waals surface area contributed by atoms with E-state index in [4.69, 9.17) is 16.3 Å². The van der Waals surface area contributed by atoms with Crippen molar-refractivity contribution in [1.82, 2.24) is 9.80 Å². The Bertz CT molecular complexity index is 818. The molecule has 1 aliphatic rings. The molecule has 1 heterocycles. The number of halogens is 1. The molecule has 1 saturated heterocycles. The summed E-state index contributed by atoms with van der Waals surface area (Å²) < 4.78 is 5.41. The number of methoxy groups -OCH3 is 1. The Labute approximate surface area is 170 Å². The first-order chi connectivity index (χ1) is 13.6. The molecule has 28 heavy (non-hydrogen) atoms. The van der Waals surface area contributed by atoms with Gasteiger partial charge in [-0.2, -0.15) is 0 Å². The van der Waals surface area contributed by atoms with Crippen molar-refractivity contribution in [3.63, 3.8) is 0 Å². The van der Waals surface area contributed by atoms with E-state index in [2.05, 4.69) is 4.90 Å². The second-order valence-corrected chi connectivity index (χ2v) is 7.34. The molecule has 2 aromatic carbocycles. The molecule has 0 aromatic heterocycles. The van der Waals surface area contributed by atoms with Crippen LogP contribution in [0.2, 0.25) is 5.02 Å². The predicted octanol–water partition coefficient (Wildman–Crippen LogP) is 3.66. The number of carbonyl (C=O) groups is 2. The molecule has 0 saturated carbocycles. The van der Waals surface area contributed by atoms with E-state index in [-0.39, 0.29) is 24.5 Å². The van der Waals surface area contributed by atoms with Crippen LogP contribution in [-0.4, -0.2) is 54.8 Å². The highest BCUT2D eigenvalue weighted by Crippen LogP contribution is 2.24. The van der Waals surface area contributed by atoms with Crippen LogP contribution in [-0.2, 0) is 11.3 Å². The van der Waals surface area contributed by atoms with Gasteiger partial charge in [0, 0.05) is 61.7 Å². The number of nitrogens with zero attached hydrogens (tertiary/aromatic N) is 2. The van der Waals surface area contributed by atoms with E-state index in [1.807, 2.05) is 41.3 Å². The van der Waals surface area contributed by atoms with E-state index in [0.717, 1.165) is 30.9 Å². The lowest BCUT2D eigenvalue weighted by atomic mass is 10.1. The second-order valence-electron chi connectivity index (χ2n) is 6.90. The number of amides is 1. The Morgan fingerprint density at radius 3 is 2.39 bits per heavy atom. The number of carbonyl (C=O) groups excluding carboxylic acids is 2. The van der Waals surface area contributed by atoms with Gasteiger partial charge in [0.15, 0.2) is 5.78 Å². The Kier molecular flexibility index (Phi) is 7.06. The predicted molar refractivity (Wildman–Crippen MR) is 110 cm³/mol. The van der Waals surface area contributed by atoms with Crippen molar-refractivity contribution in [2.45, 2.75) is 19.4 Å². The molecular weight excluding hydrogens is 376 g/mol. The molecule has 1 aliphatic heterocycles. The zero-order chi connectivity index (χ0) is 19.9. The van der Waals surface area contributed by atoms with Crippen LogP contribution in [0.3, 0.4) is 0 Å². The number of hydrogen-bond acceptors (Lipinski definition) is 4. The maximum absolute atomic E-state index is 12.5. The maximum atomic E-state index is 12.5. The monoisotopic (exact) mass is 400 g/mol. The number of piperazine rings is 1. The van der Waals surface area contributed by atoms with Crippen molar-refractivity contribution in [2.24, 2.45) is 0 Å². The zero-order valence-corrected chi connectivity index (χ0v) is 16.8. The highest BCUT2D eigenvalue weighted by molar-refractivity contribution is 6.30. The smallest absolute Gasteiger partial charge is 0.223 e. The number of ketones is 1. The third kappa shape index (κ3) is 5.33. The Hall–Kier alpha value is -2.37. The van der Waals surface area contributed by atoms with Gasteiger partial charge in [0.25, 0.3) is 0 Å². The van der Waals surface area contributed by atoms with Crippen LogP contribution in [0.1, 0.15) is 28.8 Å². The summed E-state index contributed by atoms with van der Waals surface area (Å²) >= 11 is 6.11. The molecule has 0 N–H and O–H groups in total. The van der Waals surface area contributed by atoms with Crippen LogP contribution in [0.25, 0.3) is 0 Å². The lowest BCUT2D eigenvalue weighted by molar-refractivity contribution is -0.133. The summed E-state index contributed by atoms with van der Waals surface area (Å²) in [5.41, 5.74) is 1.71. The fourth-order valence-corrected chi connectivity index (χ4v) is 3.61. The average molecular weight is 401 g/mol. The molecule has 0 aliphatic carbocycles. The maximum Gasteiger partial charge on any atom is 0.223 e. The van der Waals surface area contributed by atoms with Crippen LogP contribution < -0.4 is 4.74 Å². The van der Waals surface area contributed by atoms with Crippen molar-refractivity contribution in [2.75, 3.05) is 33.3 Å².